The number of likely N-dealkylation sites (N-methyl/N-ethyl adjacent to an activating group) is 1. The second-order valence-electron chi connectivity index (χ2n) is 6.03. The number of halogens is 1. The number of amides is 1. The molecule has 0 bridgehead atoms. The van der Waals surface area contributed by atoms with Gasteiger partial charge in [-0.15, -0.1) is 0 Å². The van der Waals surface area contributed by atoms with Crippen molar-refractivity contribution in [3.8, 4) is 5.75 Å². The summed E-state index contributed by atoms with van der Waals surface area (Å²) in [6.45, 7) is 4.67. The molecule has 2 aromatic rings. The van der Waals surface area contributed by atoms with Gasteiger partial charge in [0.05, 0.1) is 22.8 Å². The van der Waals surface area contributed by atoms with E-state index in [1.807, 2.05) is 13.8 Å². The van der Waals surface area contributed by atoms with Crippen LogP contribution in [-0.2, 0) is 4.79 Å². The fourth-order valence-electron chi connectivity index (χ4n) is 2.75. The molecule has 1 aliphatic rings. The minimum atomic E-state index is -1.03. The van der Waals surface area contributed by atoms with Crippen LogP contribution in [0.3, 0.4) is 0 Å². The molecule has 0 radical (unpaired) electrons. The largest absolute Gasteiger partial charge is 0.493 e. The summed E-state index contributed by atoms with van der Waals surface area (Å²) >= 11 is 7.34. The van der Waals surface area contributed by atoms with Crippen LogP contribution < -0.4 is 4.74 Å². The second-order valence-corrected chi connectivity index (χ2v) is 7.47. The standard InChI is InChI=1S/C21H19ClN2O4S/c1-3-24-19(25)18(12-14-10-15(22)8-9-17(14)28-4-2)29-21(24)23-16-7-5-6-13(11-16)20(26)27/h5-12H,3-4H2,1-2H3,(H,26,27)/b18-12+,23-21?. The first-order valence-corrected chi connectivity index (χ1v) is 10.2. The second kappa shape index (κ2) is 9.15. The van der Waals surface area contributed by atoms with Gasteiger partial charge in [-0.1, -0.05) is 17.7 Å². The number of benzene rings is 2. The molecule has 8 heteroatoms. The predicted octanol–water partition coefficient (Wildman–Crippen LogP) is 5.06. The van der Waals surface area contributed by atoms with Crippen molar-refractivity contribution in [2.45, 2.75) is 13.8 Å². The van der Waals surface area contributed by atoms with Gasteiger partial charge in [0.15, 0.2) is 5.17 Å². The Morgan fingerprint density at radius 1 is 1.28 bits per heavy atom. The average Bonchev–Trinajstić information content (AvgIpc) is 2.98. The van der Waals surface area contributed by atoms with Gasteiger partial charge >= 0.3 is 5.97 Å². The number of amidine groups is 1. The maximum atomic E-state index is 12.9. The van der Waals surface area contributed by atoms with Crippen molar-refractivity contribution in [3.05, 3.63) is 63.5 Å². The van der Waals surface area contributed by atoms with Crippen molar-refractivity contribution in [1.29, 1.82) is 0 Å². The van der Waals surface area contributed by atoms with E-state index < -0.39 is 5.97 Å². The van der Waals surface area contributed by atoms with Crippen LogP contribution in [0.25, 0.3) is 6.08 Å². The Morgan fingerprint density at radius 3 is 2.76 bits per heavy atom. The van der Waals surface area contributed by atoms with Crippen LogP contribution in [-0.4, -0.2) is 40.2 Å². The van der Waals surface area contributed by atoms with Crippen molar-refractivity contribution in [2.75, 3.05) is 13.2 Å². The molecule has 0 spiro atoms. The molecular formula is C21H19ClN2O4S. The highest BCUT2D eigenvalue weighted by Gasteiger charge is 2.32. The number of ether oxygens (including phenoxy) is 1. The lowest BCUT2D eigenvalue weighted by Crippen LogP contribution is -2.28. The molecule has 150 valence electrons. The van der Waals surface area contributed by atoms with Crippen molar-refractivity contribution in [2.24, 2.45) is 4.99 Å². The molecule has 0 aliphatic carbocycles. The monoisotopic (exact) mass is 430 g/mol. The van der Waals surface area contributed by atoms with E-state index >= 15 is 0 Å². The molecule has 1 heterocycles. The molecule has 0 atom stereocenters. The topological polar surface area (TPSA) is 79.2 Å². The number of carbonyl (C=O) groups excluding carboxylic acids is 1. The zero-order valence-electron chi connectivity index (χ0n) is 15.9. The summed E-state index contributed by atoms with van der Waals surface area (Å²) in [7, 11) is 0. The molecule has 0 saturated carbocycles. The average molecular weight is 431 g/mol. The Kier molecular flexibility index (Phi) is 6.61. The van der Waals surface area contributed by atoms with Gasteiger partial charge in [0, 0.05) is 17.1 Å². The lowest BCUT2D eigenvalue weighted by Gasteiger charge is -2.12. The van der Waals surface area contributed by atoms with Crippen molar-refractivity contribution in [1.82, 2.24) is 4.90 Å². The molecule has 2 aromatic carbocycles. The fourth-order valence-corrected chi connectivity index (χ4v) is 3.98. The van der Waals surface area contributed by atoms with Gasteiger partial charge in [0.1, 0.15) is 5.75 Å². The first-order chi connectivity index (χ1) is 13.9. The number of nitrogens with zero attached hydrogens (tertiary/aromatic N) is 2. The van der Waals surface area contributed by atoms with E-state index in [0.29, 0.717) is 45.2 Å². The normalized spacial score (nSPS) is 16.7. The number of thioether (sulfide) groups is 1. The summed E-state index contributed by atoms with van der Waals surface area (Å²) in [4.78, 5) is 30.6. The van der Waals surface area contributed by atoms with E-state index in [1.165, 1.54) is 23.9 Å². The Morgan fingerprint density at radius 2 is 2.07 bits per heavy atom. The van der Waals surface area contributed by atoms with Crippen molar-refractivity contribution < 1.29 is 19.4 Å². The minimum absolute atomic E-state index is 0.139. The summed E-state index contributed by atoms with van der Waals surface area (Å²) < 4.78 is 5.63. The number of rotatable bonds is 6. The lowest BCUT2D eigenvalue weighted by molar-refractivity contribution is -0.122. The lowest BCUT2D eigenvalue weighted by atomic mass is 10.2. The van der Waals surface area contributed by atoms with E-state index in [-0.39, 0.29) is 11.5 Å². The molecule has 1 saturated heterocycles. The van der Waals surface area contributed by atoms with E-state index in [2.05, 4.69) is 4.99 Å². The number of aliphatic imine (C=N–C) groups is 1. The first kappa shape index (κ1) is 21.0. The number of hydrogen-bond acceptors (Lipinski definition) is 5. The highest BCUT2D eigenvalue weighted by molar-refractivity contribution is 8.18. The Bertz CT molecular complexity index is 1020. The van der Waals surface area contributed by atoms with E-state index in [0.717, 1.165) is 0 Å². The molecule has 1 aliphatic heterocycles. The van der Waals surface area contributed by atoms with Gasteiger partial charge in [0.25, 0.3) is 5.91 Å². The maximum absolute atomic E-state index is 12.9. The Hall–Kier alpha value is -2.77. The molecular weight excluding hydrogens is 412 g/mol. The van der Waals surface area contributed by atoms with Crippen LogP contribution >= 0.6 is 23.4 Å². The molecule has 3 rings (SSSR count). The van der Waals surface area contributed by atoms with Crippen LogP contribution in [0.4, 0.5) is 5.69 Å². The number of aromatic carboxylic acids is 1. The zero-order valence-corrected chi connectivity index (χ0v) is 17.5. The molecule has 0 unspecified atom stereocenters. The number of hydrogen-bond donors (Lipinski definition) is 1. The Labute approximate surface area is 177 Å². The van der Waals surface area contributed by atoms with Crippen LogP contribution in [0.5, 0.6) is 5.75 Å². The number of carbonyl (C=O) groups is 2. The van der Waals surface area contributed by atoms with Crippen LogP contribution in [0.1, 0.15) is 29.8 Å². The summed E-state index contributed by atoms with van der Waals surface area (Å²) in [5, 5.41) is 10.2. The minimum Gasteiger partial charge on any atom is -0.493 e. The van der Waals surface area contributed by atoms with Crippen LogP contribution in [0, 0.1) is 0 Å². The highest BCUT2D eigenvalue weighted by Crippen LogP contribution is 2.36. The fraction of sp³-hybridized carbons (Fsp3) is 0.190. The number of carboxylic acids is 1. The van der Waals surface area contributed by atoms with Gasteiger partial charge in [-0.3, -0.25) is 9.69 Å². The van der Waals surface area contributed by atoms with E-state index in [4.69, 9.17) is 21.4 Å². The third kappa shape index (κ3) is 4.81. The SMILES string of the molecule is CCOc1ccc(Cl)cc1/C=C1/SC(=Nc2cccc(C(=O)O)c2)N(CC)C1=O. The van der Waals surface area contributed by atoms with Gasteiger partial charge in [-0.05, 0) is 68.1 Å². The van der Waals surface area contributed by atoms with Crippen molar-refractivity contribution in [3.63, 3.8) is 0 Å². The Balaban J connectivity index is 1.98. The summed E-state index contributed by atoms with van der Waals surface area (Å²) in [5.74, 6) is -0.562. The maximum Gasteiger partial charge on any atom is 0.335 e. The van der Waals surface area contributed by atoms with Gasteiger partial charge in [0.2, 0.25) is 0 Å². The van der Waals surface area contributed by atoms with Crippen molar-refractivity contribution >= 4 is 52.2 Å². The predicted molar refractivity (Wildman–Crippen MR) is 116 cm³/mol. The highest BCUT2D eigenvalue weighted by atomic mass is 35.5. The van der Waals surface area contributed by atoms with Gasteiger partial charge < -0.3 is 9.84 Å². The van der Waals surface area contributed by atoms with E-state index in [1.54, 1.807) is 41.3 Å². The van der Waals surface area contributed by atoms with Gasteiger partial charge in [-0.2, -0.15) is 0 Å². The summed E-state index contributed by atoms with van der Waals surface area (Å²) in [5.41, 5.74) is 1.32. The quantitative estimate of drug-likeness (QED) is 0.648. The summed E-state index contributed by atoms with van der Waals surface area (Å²) in [6, 6.07) is 11.5. The molecule has 1 fully saturated rings. The molecule has 6 nitrogen and oxygen atoms in total. The number of carboxylic acid groups (broad SMARTS) is 1. The third-order valence-corrected chi connectivity index (χ3v) is 5.32. The van der Waals surface area contributed by atoms with E-state index in [9.17, 15) is 9.59 Å². The molecule has 1 N–H and O–H groups in total. The smallest absolute Gasteiger partial charge is 0.335 e. The zero-order chi connectivity index (χ0) is 21.0. The van der Waals surface area contributed by atoms with Crippen LogP contribution in [0.2, 0.25) is 5.02 Å². The molecule has 0 aromatic heterocycles. The summed E-state index contributed by atoms with van der Waals surface area (Å²) in [6.07, 6.45) is 1.74. The first-order valence-electron chi connectivity index (χ1n) is 8.98. The molecule has 1 amide bonds. The third-order valence-electron chi connectivity index (χ3n) is 4.08. The molecule has 29 heavy (non-hydrogen) atoms. The van der Waals surface area contributed by atoms with Gasteiger partial charge in [-0.25, -0.2) is 9.79 Å². The van der Waals surface area contributed by atoms with Crippen LogP contribution in [0.15, 0.2) is 52.4 Å².